The molecule has 0 bridgehead atoms. The largest absolute Gasteiger partial charge is 0.0937 e. The van der Waals surface area contributed by atoms with Crippen molar-refractivity contribution in [1.82, 2.24) is 0 Å². The Kier molecular flexibility index (Phi) is 0.317. The molecule has 2 atom stereocenters. The van der Waals surface area contributed by atoms with Crippen molar-refractivity contribution in [3.63, 3.8) is 0 Å². The van der Waals surface area contributed by atoms with Crippen LogP contribution in [0.3, 0.4) is 0 Å². The van der Waals surface area contributed by atoms with Crippen molar-refractivity contribution < 1.29 is 0 Å². The van der Waals surface area contributed by atoms with Crippen molar-refractivity contribution in [3.05, 3.63) is 11.1 Å². The Bertz CT molecular complexity index is 247. The van der Waals surface area contributed by atoms with Crippen molar-refractivity contribution in [1.29, 1.82) is 0 Å². The van der Waals surface area contributed by atoms with Crippen molar-refractivity contribution in [3.8, 4) is 11.8 Å². The second-order valence-electron chi connectivity index (χ2n) is 2.87. The quantitative estimate of drug-likeness (QED) is 0.405. The molecule has 0 radical (unpaired) electrons. The van der Waals surface area contributed by atoms with E-state index in [-0.39, 0.29) is 0 Å². The predicted octanol–water partition coefficient (Wildman–Crippen LogP) is 1.34. The molecule has 0 aliphatic heterocycles. The molecule has 38 valence electrons. The van der Waals surface area contributed by atoms with E-state index in [9.17, 15) is 0 Å². The number of hydrogen-bond acceptors (Lipinski definition) is 0. The Labute approximate surface area is 48.6 Å². The Morgan fingerprint density at radius 2 is 2.38 bits per heavy atom. The van der Waals surface area contributed by atoms with Gasteiger partial charge in [0.2, 0.25) is 0 Å². The van der Waals surface area contributed by atoms with Gasteiger partial charge in [-0.2, -0.15) is 0 Å². The van der Waals surface area contributed by atoms with E-state index in [1.807, 2.05) is 0 Å². The molecule has 1 fully saturated rings. The number of allylic oxidation sites excluding steroid dienone is 2. The normalized spacial score (nSPS) is 44.0. The van der Waals surface area contributed by atoms with Crippen LogP contribution in [0.5, 0.6) is 0 Å². The lowest BCUT2D eigenvalue weighted by Gasteiger charge is -2.12. The Balaban J connectivity index is 2.23. The summed E-state index contributed by atoms with van der Waals surface area (Å²) in [6.45, 7) is 0. The van der Waals surface area contributed by atoms with Gasteiger partial charge in [0.1, 0.15) is 0 Å². The number of fused-ring (bicyclic) bond motifs is 3. The zero-order valence-corrected chi connectivity index (χ0v) is 4.57. The van der Waals surface area contributed by atoms with Gasteiger partial charge in [-0.3, -0.25) is 0 Å². The topological polar surface area (TPSA) is 0 Å². The molecule has 8 heavy (non-hydrogen) atoms. The van der Waals surface area contributed by atoms with Crippen molar-refractivity contribution in [2.45, 2.75) is 12.8 Å². The average Bonchev–Trinajstić information content (AvgIpc) is 2.34. The van der Waals surface area contributed by atoms with Gasteiger partial charge in [-0.05, 0) is 23.8 Å². The fourth-order valence-corrected chi connectivity index (χ4v) is 1.87. The molecule has 2 unspecified atom stereocenters. The van der Waals surface area contributed by atoms with Gasteiger partial charge in [0.15, 0.2) is 0 Å². The van der Waals surface area contributed by atoms with Crippen molar-refractivity contribution in [2.24, 2.45) is 11.8 Å². The van der Waals surface area contributed by atoms with E-state index in [1.165, 1.54) is 12.0 Å². The van der Waals surface area contributed by atoms with E-state index in [1.54, 1.807) is 5.57 Å². The van der Waals surface area contributed by atoms with Crippen LogP contribution in [0.1, 0.15) is 12.8 Å². The lowest BCUT2D eigenvalue weighted by molar-refractivity contribution is 0.780. The summed E-state index contributed by atoms with van der Waals surface area (Å²) in [6, 6.07) is 0. The summed E-state index contributed by atoms with van der Waals surface area (Å²) in [7, 11) is 0. The van der Waals surface area contributed by atoms with E-state index in [0.717, 1.165) is 18.3 Å². The minimum atomic E-state index is 0.958. The van der Waals surface area contributed by atoms with Gasteiger partial charge in [-0.1, -0.05) is 11.8 Å². The molecule has 1 saturated carbocycles. The molecule has 0 saturated heterocycles. The van der Waals surface area contributed by atoms with E-state index in [0.29, 0.717) is 0 Å². The fraction of sp³-hybridized carbons (Fsp3) is 0.500. The smallest absolute Gasteiger partial charge is 0.0318 e. The first kappa shape index (κ1) is 3.35. The predicted molar refractivity (Wildman–Crippen MR) is 31.0 cm³/mol. The van der Waals surface area contributed by atoms with Crippen molar-refractivity contribution >= 4 is 0 Å². The van der Waals surface area contributed by atoms with E-state index >= 15 is 0 Å². The van der Waals surface area contributed by atoms with E-state index < -0.39 is 0 Å². The van der Waals surface area contributed by atoms with Gasteiger partial charge in [0.25, 0.3) is 0 Å². The maximum atomic E-state index is 3.18. The standard InChI is InChI=1S/C8H6/c1-2-5-6(3-1)8-4-7(5)8/h7-8H,2,4H2. The first-order valence-electron chi connectivity index (χ1n) is 3.18. The molecule has 0 N–H and O–H groups in total. The van der Waals surface area contributed by atoms with Crippen LogP contribution in [0, 0.1) is 23.7 Å². The monoisotopic (exact) mass is 102 g/mol. The minimum absolute atomic E-state index is 0.958. The summed E-state index contributed by atoms with van der Waals surface area (Å²) in [5.74, 6) is 8.26. The molecule has 0 amide bonds. The van der Waals surface area contributed by atoms with Gasteiger partial charge in [-0.15, -0.1) is 0 Å². The molecular formula is C8H6. The first-order chi connectivity index (χ1) is 3.97. The van der Waals surface area contributed by atoms with Gasteiger partial charge < -0.3 is 0 Å². The zero-order valence-electron chi connectivity index (χ0n) is 4.57. The molecule has 0 nitrogen and oxygen atoms in total. The summed E-state index contributed by atoms with van der Waals surface area (Å²) in [5.41, 5.74) is 3.19. The van der Waals surface area contributed by atoms with E-state index in [2.05, 4.69) is 11.8 Å². The van der Waals surface area contributed by atoms with Crippen LogP contribution in [0.25, 0.3) is 0 Å². The second kappa shape index (κ2) is 0.756. The molecule has 0 spiro atoms. The van der Waals surface area contributed by atoms with Crippen LogP contribution < -0.4 is 0 Å². The summed E-state index contributed by atoms with van der Waals surface area (Å²) < 4.78 is 0. The van der Waals surface area contributed by atoms with E-state index in [4.69, 9.17) is 0 Å². The highest BCUT2D eigenvalue weighted by Crippen LogP contribution is 2.61. The summed E-state index contributed by atoms with van der Waals surface area (Å²) >= 11 is 0. The van der Waals surface area contributed by atoms with Crippen LogP contribution in [-0.2, 0) is 0 Å². The molecule has 0 heteroatoms. The Hall–Kier alpha value is -0.700. The first-order valence-corrected chi connectivity index (χ1v) is 3.18. The average molecular weight is 102 g/mol. The number of rotatable bonds is 0. The van der Waals surface area contributed by atoms with Crippen LogP contribution in [0.4, 0.5) is 0 Å². The third-order valence-corrected chi connectivity index (χ3v) is 2.46. The van der Waals surface area contributed by atoms with Crippen LogP contribution in [-0.4, -0.2) is 0 Å². The highest BCUT2D eigenvalue weighted by Gasteiger charge is 2.52. The molecular weight excluding hydrogens is 96.1 g/mol. The second-order valence-corrected chi connectivity index (χ2v) is 2.87. The highest BCUT2D eigenvalue weighted by atomic mass is 14.6. The minimum Gasteiger partial charge on any atom is -0.0937 e. The lowest BCUT2D eigenvalue weighted by Crippen LogP contribution is -2.02. The summed E-state index contributed by atoms with van der Waals surface area (Å²) in [4.78, 5) is 0. The summed E-state index contributed by atoms with van der Waals surface area (Å²) in [5, 5.41) is 0. The zero-order chi connectivity index (χ0) is 5.14. The van der Waals surface area contributed by atoms with Gasteiger partial charge >= 0.3 is 0 Å². The van der Waals surface area contributed by atoms with Crippen LogP contribution in [0.2, 0.25) is 0 Å². The van der Waals surface area contributed by atoms with Crippen LogP contribution in [0.15, 0.2) is 11.1 Å². The fourth-order valence-electron chi connectivity index (χ4n) is 1.87. The molecule has 0 aromatic heterocycles. The lowest BCUT2D eigenvalue weighted by atomic mass is 9.91. The third kappa shape index (κ3) is 0.181. The van der Waals surface area contributed by atoms with Gasteiger partial charge in [0, 0.05) is 12.0 Å². The SMILES string of the molecule is C1#CC2=C(C1)C1CC21. The van der Waals surface area contributed by atoms with Gasteiger partial charge in [0.05, 0.1) is 0 Å². The maximum absolute atomic E-state index is 3.18. The number of hydrogen-bond donors (Lipinski definition) is 0. The Morgan fingerprint density at radius 1 is 1.38 bits per heavy atom. The maximum Gasteiger partial charge on any atom is 0.0318 e. The summed E-state index contributed by atoms with van der Waals surface area (Å²) in [6.07, 6.45) is 2.55. The molecule has 0 aromatic carbocycles. The van der Waals surface area contributed by atoms with Crippen LogP contribution >= 0.6 is 0 Å². The molecule has 0 heterocycles. The molecule has 3 rings (SSSR count). The van der Waals surface area contributed by atoms with Gasteiger partial charge in [-0.25, -0.2) is 0 Å². The molecule has 0 aromatic rings. The molecule has 3 aliphatic rings. The van der Waals surface area contributed by atoms with Crippen molar-refractivity contribution in [2.75, 3.05) is 0 Å². The third-order valence-electron chi connectivity index (χ3n) is 2.46. The Morgan fingerprint density at radius 3 is 3.25 bits per heavy atom. The molecule has 3 aliphatic carbocycles. The highest BCUT2D eigenvalue weighted by molar-refractivity contribution is 5.57.